The predicted octanol–water partition coefficient (Wildman–Crippen LogP) is 0.804. The molecule has 0 saturated heterocycles. The number of carbonyl (C=O) groups is 1. The van der Waals surface area contributed by atoms with Crippen LogP contribution < -0.4 is 5.32 Å². The molecule has 0 fully saturated rings. The summed E-state index contributed by atoms with van der Waals surface area (Å²) in [5.41, 5.74) is 1.17. The van der Waals surface area contributed by atoms with Crippen molar-refractivity contribution in [3.63, 3.8) is 0 Å². The predicted molar refractivity (Wildman–Crippen MR) is 69.0 cm³/mol. The van der Waals surface area contributed by atoms with Crippen LogP contribution in [0.15, 0.2) is 30.6 Å². The summed E-state index contributed by atoms with van der Waals surface area (Å²) in [5, 5.41) is 25.4. The summed E-state index contributed by atoms with van der Waals surface area (Å²) >= 11 is 0. The quantitative estimate of drug-likeness (QED) is 0.759. The molecule has 0 unspecified atom stereocenters. The topological polar surface area (TPSA) is 87.4 Å². The fourth-order valence-electron chi connectivity index (χ4n) is 1.73. The third-order valence-electron chi connectivity index (χ3n) is 2.68. The Morgan fingerprint density at radius 1 is 1.42 bits per heavy atom. The van der Waals surface area contributed by atoms with Gasteiger partial charge in [-0.1, -0.05) is 0 Å². The van der Waals surface area contributed by atoms with Crippen molar-refractivity contribution in [1.82, 2.24) is 15.1 Å². The molecule has 0 atom stereocenters. The van der Waals surface area contributed by atoms with E-state index >= 15 is 0 Å². The second kappa shape index (κ2) is 5.43. The van der Waals surface area contributed by atoms with E-state index in [1.165, 1.54) is 12.1 Å². The van der Waals surface area contributed by atoms with Crippen LogP contribution >= 0.6 is 0 Å². The number of benzene rings is 1. The Kier molecular flexibility index (Phi) is 3.70. The van der Waals surface area contributed by atoms with Crippen LogP contribution in [0.25, 0.3) is 0 Å². The first-order valence-electron chi connectivity index (χ1n) is 5.84. The van der Waals surface area contributed by atoms with Crippen molar-refractivity contribution >= 4 is 5.91 Å². The van der Waals surface area contributed by atoms with E-state index < -0.39 is 0 Å². The fraction of sp³-hybridized carbons (Fsp3) is 0.231. The Bertz CT molecular complexity index is 593. The normalized spacial score (nSPS) is 10.4. The number of aromatic nitrogens is 2. The van der Waals surface area contributed by atoms with Gasteiger partial charge in [0.25, 0.3) is 5.91 Å². The highest BCUT2D eigenvalue weighted by Crippen LogP contribution is 2.22. The summed E-state index contributed by atoms with van der Waals surface area (Å²) in [6.45, 7) is 0.449. The molecule has 2 rings (SSSR count). The van der Waals surface area contributed by atoms with E-state index in [1.54, 1.807) is 10.9 Å². The molecule has 6 nitrogen and oxygen atoms in total. The van der Waals surface area contributed by atoms with E-state index in [0.29, 0.717) is 13.0 Å². The smallest absolute Gasteiger partial charge is 0.255 e. The van der Waals surface area contributed by atoms with Crippen LogP contribution in [0.5, 0.6) is 11.5 Å². The van der Waals surface area contributed by atoms with Gasteiger partial charge >= 0.3 is 0 Å². The van der Waals surface area contributed by atoms with Crippen molar-refractivity contribution in [3.8, 4) is 11.5 Å². The molecule has 19 heavy (non-hydrogen) atoms. The van der Waals surface area contributed by atoms with Crippen LogP contribution in [0.1, 0.15) is 15.9 Å². The number of phenols is 2. The zero-order chi connectivity index (χ0) is 13.8. The maximum atomic E-state index is 11.8. The molecule has 1 heterocycles. The molecule has 0 aliphatic heterocycles. The van der Waals surface area contributed by atoms with E-state index in [0.717, 1.165) is 11.6 Å². The number of rotatable bonds is 4. The molecule has 3 N–H and O–H groups in total. The zero-order valence-corrected chi connectivity index (χ0v) is 10.5. The highest BCUT2D eigenvalue weighted by atomic mass is 16.3. The number of hydrogen-bond donors (Lipinski definition) is 3. The molecule has 0 bridgehead atoms. The lowest BCUT2D eigenvalue weighted by molar-refractivity contribution is 0.0951. The maximum absolute atomic E-state index is 11.8. The van der Waals surface area contributed by atoms with E-state index in [1.807, 2.05) is 13.2 Å². The lowest BCUT2D eigenvalue weighted by Gasteiger charge is -2.06. The van der Waals surface area contributed by atoms with Crippen LogP contribution in [-0.4, -0.2) is 32.4 Å². The van der Waals surface area contributed by atoms with Crippen LogP contribution in [-0.2, 0) is 13.5 Å². The van der Waals surface area contributed by atoms with Crippen LogP contribution in [0, 0.1) is 0 Å². The largest absolute Gasteiger partial charge is 0.508 e. The van der Waals surface area contributed by atoms with Gasteiger partial charge in [-0.2, -0.15) is 5.10 Å². The van der Waals surface area contributed by atoms with E-state index in [4.69, 9.17) is 5.11 Å². The van der Waals surface area contributed by atoms with Crippen molar-refractivity contribution in [2.75, 3.05) is 6.54 Å². The Balaban J connectivity index is 1.90. The molecular weight excluding hydrogens is 246 g/mol. The van der Waals surface area contributed by atoms with Gasteiger partial charge < -0.3 is 15.5 Å². The van der Waals surface area contributed by atoms with Crippen molar-refractivity contribution in [1.29, 1.82) is 0 Å². The summed E-state index contributed by atoms with van der Waals surface area (Å²) in [7, 11) is 1.83. The molecule has 2 aromatic rings. The molecular formula is C13H15N3O3. The highest BCUT2D eigenvalue weighted by molar-refractivity contribution is 5.96. The van der Waals surface area contributed by atoms with Crippen LogP contribution in [0.3, 0.4) is 0 Å². The Hall–Kier alpha value is -2.50. The standard InChI is InChI=1S/C13H15N3O3/c1-16-8-9(7-15-16)4-5-14-13(19)11-3-2-10(17)6-12(11)18/h2-3,6-8,17-18H,4-5H2,1H3,(H,14,19). The number of carbonyl (C=O) groups excluding carboxylic acids is 1. The van der Waals surface area contributed by atoms with E-state index in [9.17, 15) is 9.90 Å². The summed E-state index contributed by atoms with van der Waals surface area (Å²) in [5.74, 6) is -0.690. The van der Waals surface area contributed by atoms with Crippen LogP contribution in [0.4, 0.5) is 0 Å². The minimum absolute atomic E-state index is 0.0793. The molecule has 1 amide bonds. The highest BCUT2D eigenvalue weighted by Gasteiger charge is 2.11. The number of nitrogens with one attached hydrogen (secondary N) is 1. The lowest BCUT2D eigenvalue weighted by Crippen LogP contribution is -2.25. The third-order valence-corrected chi connectivity index (χ3v) is 2.68. The maximum Gasteiger partial charge on any atom is 0.255 e. The summed E-state index contributed by atoms with van der Waals surface area (Å²) in [4.78, 5) is 11.8. The molecule has 0 radical (unpaired) electrons. The summed E-state index contributed by atoms with van der Waals surface area (Å²) in [6.07, 6.45) is 4.28. The number of nitrogens with zero attached hydrogens (tertiary/aromatic N) is 2. The minimum atomic E-state index is -0.374. The third kappa shape index (κ3) is 3.25. The van der Waals surface area contributed by atoms with E-state index in [-0.39, 0.29) is 23.0 Å². The minimum Gasteiger partial charge on any atom is -0.508 e. The Morgan fingerprint density at radius 2 is 2.21 bits per heavy atom. The van der Waals surface area contributed by atoms with Gasteiger partial charge in [0, 0.05) is 25.9 Å². The average Bonchev–Trinajstić information content (AvgIpc) is 2.75. The van der Waals surface area contributed by atoms with Gasteiger partial charge in [0.15, 0.2) is 0 Å². The first kappa shape index (κ1) is 12.9. The van der Waals surface area contributed by atoms with Gasteiger partial charge in [0.05, 0.1) is 11.8 Å². The van der Waals surface area contributed by atoms with Crippen molar-refractivity contribution in [3.05, 3.63) is 41.7 Å². The first-order chi connectivity index (χ1) is 9.06. The van der Waals surface area contributed by atoms with Crippen molar-refractivity contribution in [2.24, 2.45) is 7.05 Å². The summed E-state index contributed by atoms with van der Waals surface area (Å²) in [6, 6.07) is 3.87. The number of aryl methyl sites for hydroxylation is 1. The second-order valence-electron chi connectivity index (χ2n) is 4.23. The van der Waals surface area contributed by atoms with Crippen molar-refractivity contribution < 1.29 is 15.0 Å². The van der Waals surface area contributed by atoms with E-state index in [2.05, 4.69) is 10.4 Å². The molecule has 0 aliphatic rings. The van der Waals surface area contributed by atoms with Gasteiger partial charge in [0.1, 0.15) is 11.5 Å². The first-order valence-corrected chi connectivity index (χ1v) is 5.84. The Morgan fingerprint density at radius 3 is 2.84 bits per heavy atom. The van der Waals surface area contributed by atoms with Crippen molar-refractivity contribution in [2.45, 2.75) is 6.42 Å². The molecule has 0 spiro atoms. The van der Waals surface area contributed by atoms with Gasteiger partial charge in [-0.25, -0.2) is 0 Å². The lowest BCUT2D eigenvalue weighted by atomic mass is 10.1. The number of amides is 1. The molecule has 6 heteroatoms. The average molecular weight is 261 g/mol. The molecule has 1 aromatic carbocycles. The van der Waals surface area contributed by atoms with Gasteiger partial charge in [0.2, 0.25) is 0 Å². The zero-order valence-electron chi connectivity index (χ0n) is 10.5. The van der Waals surface area contributed by atoms with Gasteiger partial charge in [-0.3, -0.25) is 9.48 Å². The van der Waals surface area contributed by atoms with Gasteiger partial charge in [-0.05, 0) is 24.1 Å². The molecule has 1 aromatic heterocycles. The number of aromatic hydroxyl groups is 2. The van der Waals surface area contributed by atoms with Gasteiger partial charge in [-0.15, -0.1) is 0 Å². The second-order valence-corrected chi connectivity index (χ2v) is 4.23. The summed E-state index contributed by atoms with van der Waals surface area (Å²) < 4.78 is 1.70. The number of hydrogen-bond acceptors (Lipinski definition) is 4. The fourth-order valence-corrected chi connectivity index (χ4v) is 1.73. The van der Waals surface area contributed by atoms with Crippen LogP contribution in [0.2, 0.25) is 0 Å². The SMILES string of the molecule is Cn1cc(CCNC(=O)c2ccc(O)cc2O)cn1. The Labute approximate surface area is 110 Å². The number of phenolic OH excluding ortho intramolecular Hbond substituents is 2. The monoisotopic (exact) mass is 261 g/mol. The molecule has 0 aliphatic carbocycles. The molecule has 100 valence electrons. The molecule has 0 saturated carbocycles.